The van der Waals surface area contributed by atoms with Gasteiger partial charge in [0.2, 0.25) is 0 Å². The third-order valence-corrected chi connectivity index (χ3v) is 6.27. The first kappa shape index (κ1) is 17.8. The number of anilines is 1. The van der Waals surface area contributed by atoms with Gasteiger partial charge in [0.15, 0.2) is 0 Å². The van der Waals surface area contributed by atoms with Crippen LogP contribution in [-0.4, -0.2) is 15.5 Å². The van der Waals surface area contributed by atoms with Crippen molar-refractivity contribution in [3.05, 3.63) is 106 Å². The van der Waals surface area contributed by atoms with Crippen LogP contribution in [0.2, 0.25) is 0 Å². The Hall–Kier alpha value is -3.31. The van der Waals surface area contributed by atoms with E-state index in [-0.39, 0.29) is 12.1 Å². The summed E-state index contributed by atoms with van der Waals surface area (Å²) >= 11 is 1.68. The number of aromatic nitrogens is 1. The van der Waals surface area contributed by atoms with Gasteiger partial charge in [-0.05, 0) is 54.3 Å². The molecule has 0 aliphatic carbocycles. The number of para-hydroxylation sites is 1. The highest BCUT2D eigenvalue weighted by Crippen LogP contribution is 2.38. The Kier molecular flexibility index (Phi) is 4.45. The fourth-order valence-electron chi connectivity index (χ4n) is 3.92. The molecule has 29 heavy (non-hydrogen) atoms. The molecular formula is C24H21N3OS. The molecule has 0 spiro atoms. The van der Waals surface area contributed by atoms with E-state index in [1.807, 2.05) is 60.4 Å². The molecule has 3 heterocycles. The normalized spacial score (nSPS) is 15.3. The molecule has 0 unspecified atom stereocenters. The second-order valence-electron chi connectivity index (χ2n) is 7.27. The molecule has 5 rings (SSSR count). The number of nitrogens with zero attached hydrogens (tertiary/aromatic N) is 2. The Bertz CT molecular complexity index is 1150. The van der Waals surface area contributed by atoms with Gasteiger partial charge in [0.1, 0.15) is 6.04 Å². The molecule has 2 amide bonds. The summed E-state index contributed by atoms with van der Waals surface area (Å²) in [7, 11) is 0. The lowest BCUT2D eigenvalue weighted by Crippen LogP contribution is -2.37. The van der Waals surface area contributed by atoms with E-state index in [1.54, 1.807) is 11.3 Å². The van der Waals surface area contributed by atoms with Gasteiger partial charge in [0.25, 0.3) is 0 Å². The smallest absolute Gasteiger partial charge is 0.318 e. The van der Waals surface area contributed by atoms with Crippen molar-refractivity contribution in [2.75, 3.05) is 5.32 Å². The summed E-state index contributed by atoms with van der Waals surface area (Å²) in [5, 5.41) is 5.16. The van der Waals surface area contributed by atoms with Crippen molar-refractivity contribution in [2.24, 2.45) is 0 Å². The zero-order chi connectivity index (χ0) is 19.8. The molecule has 1 atom stereocenters. The molecule has 0 saturated carbocycles. The van der Waals surface area contributed by atoms with Gasteiger partial charge < -0.3 is 14.8 Å². The SMILES string of the molecule is Cc1ccc(NC(=O)N2Cc3ccccc3-n3cccc3[C@H]2c2cccs2)cc1. The van der Waals surface area contributed by atoms with Crippen LogP contribution in [0.1, 0.15) is 27.7 Å². The summed E-state index contributed by atoms with van der Waals surface area (Å²) in [6, 6.07) is 24.3. The van der Waals surface area contributed by atoms with Gasteiger partial charge in [-0.2, -0.15) is 0 Å². The Morgan fingerprint density at radius 1 is 1.00 bits per heavy atom. The summed E-state index contributed by atoms with van der Waals surface area (Å²) in [4.78, 5) is 16.5. The van der Waals surface area contributed by atoms with E-state index in [0.717, 1.165) is 27.5 Å². The van der Waals surface area contributed by atoms with Crippen molar-refractivity contribution in [1.82, 2.24) is 9.47 Å². The van der Waals surface area contributed by atoms with E-state index < -0.39 is 0 Å². The third kappa shape index (κ3) is 3.23. The van der Waals surface area contributed by atoms with Gasteiger partial charge in [-0.15, -0.1) is 11.3 Å². The van der Waals surface area contributed by atoms with E-state index in [0.29, 0.717) is 6.54 Å². The van der Waals surface area contributed by atoms with Crippen LogP contribution in [0.4, 0.5) is 10.5 Å². The largest absolute Gasteiger partial charge is 0.323 e. The number of carbonyl (C=O) groups excluding carboxylic acids is 1. The van der Waals surface area contributed by atoms with Crippen LogP contribution in [0, 0.1) is 6.92 Å². The molecule has 2 aromatic heterocycles. The minimum Gasteiger partial charge on any atom is -0.318 e. The van der Waals surface area contributed by atoms with Crippen LogP contribution in [0.5, 0.6) is 0 Å². The van der Waals surface area contributed by atoms with Crippen molar-refractivity contribution in [2.45, 2.75) is 19.5 Å². The molecule has 1 aliphatic heterocycles. The van der Waals surface area contributed by atoms with Gasteiger partial charge in [0.05, 0.1) is 17.9 Å². The van der Waals surface area contributed by atoms with E-state index in [1.165, 1.54) is 5.56 Å². The molecule has 1 N–H and O–H groups in total. The van der Waals surface area contributed by atoms with E-state index >= 15 is 0 Å². The highest BCUT2D eigenvalue weighted by atomic mass is 32.1. The highest BCUT2D eigenvalue weighted by Gasteiger charge is 2.33. The molecule has 5 heteroatoms. The first-order chi connectivity index (χ1) is 14.2. The average Bonchev–Trinajstić information content (AvgIpc) is 3.41. The lowest BCUT2D eigenvalue weighted by atomic mass is 10.1. The fraction of sp³-hybridized carbons (Fsp3) is 0.125. The summed E-state index contributed by atoms with van der Waals surface area (Å²) in [5.41, 5.74) is 5.32. The lowest BCUT2D eigenvalue weighted by molar-refractivity contribution is 0.195. The standard InChI is InChI=1S/C24H21N3OS/c1-17-10-12-19(13-11-17)25-24(28)27-16-18-6-2-3-7-20(18)26-14-4-8-21(26)23(27)22-9-5-15-29-22/h2-15,23H,16H2,1H3,(H,25,28)/t23-/m0/s1. The molecule has 0 bridgehead atoms. The maximum atomic E-state index is 13.5. The molecule has 0 saturated heterocycles. The predicted octanol–water partition coefficient (Wildman–Crippen LogP) is 5.98. The van der Waals surface area contributed by atoms with Crippen LogP contribution in [0.3, 0.4) is 0 Å². The third-order valence-electron chi connectivity index (χ3n) is 5.34. The average molecular weight is 400 g/mol. The van der Waals surface area contributed by atoms with Gasteiger partial charge in [-0.3, -0.25) is 0 Å². The number of rotatable bonds is 2. The lowest BCUT2D eigenvalue weighted by Gasteiger charge is -2.30. The van der Waals surface area contributed by atoms with E-state index in [9.17, 15) is 4.79 Å². The van der Waals surface area contributed by atoms with Crippen LogP contribution in [0.25, 0.3) is 5.69 Å². The number of hydrogen-bond acceptors (Lipinski definition) is 2. The minimum absolute atomic E-state index is 0.100. The number of carbonyl (C=O) groups is 1. The number of nitrogens with one attached hydrogen (secondary N) is 1. The van der Waals surface area contributed by atoms with Crippen molar-refractivity contribution < 1.29 is 4.79 Å². The summed E-state index contributed by atoms with van der Waals surface area (Å²) in [6.45, 7) is 2.58. The number of amides is 2. The molecule has 2 aromatic carbocycles. The molecule has 0 fully saturated rings. The number of aryl methyl sites for hydroxylation is 1. The maximum Gasteiger partial charge on any atom is 0.323 e. The van der Waals surface area contributed by atoms with Crippen molar-refractivity contribution in [1.29, 1.82) is 0 Å². The minimum atomic E-state index is -0.150. The molecular weight excluding hydrogens is 378 g/mol. The first-order valence-electron chi connectivity index (χ1n) is 9.64. The van der Waals surface area contributed by atoms with Crippen molar-refractivity contribution in [3.63, 3.8) is 0 Å². The Labute approximate surface area is 174 Å². The topological polar surface area (TPSA) is 37.3 Å². The molecule has 4 aromatic rings. The highest BCUT2D eigenvalue weighted by molar-refractivity contribution is 7.10. The fourth-order valence-corrected chi connectivity index (χ4v) is 4.77. The van der Waals surface area contributed by atoms with Crippen molar-refractivity contribution in [3.8, 4) is 5.69 Å². The monoisotopic (exact) mass is 399 g/mol. The van der Waals surface area contributed by atoms with E-state index in [4.69, 9.17) is 0 Å². The van der Waals surface area contributed by atoms with Crippen molar-refractivity contribution >= 4 is 23.1 Å². The second-order valence-corrected chi connectivity index (χ2v) is 8.25. The Morgan fingerprint density at radius 3 is 2.62 bits per heavy atom. The zero-order valence-electron chi connectivity index (χ0n) is 16.1. The molecule has 4 nitrogen and oxygen atoms in total. The second kappa shape index (κ2) is 7.26. The van der Waals surface area contributed by atoms with Crippen LogP contribution < -0.4 is 5.32 Å². The van der Waals surface area contributed by atoms with Crippen LogP contribution >= 0.6 is 11.3 Å². The quantitative estimate of drug-likeness (QED) is 0.442. The number of hydrogen-bond donors (Lipinski definition) is 1. The molecule has 144 valence electrons. The maximum absolute atomic E-state index is 13.5. The van der Waals surface area contributed by atoms with Gasteiger partial charge in [-0.25, -0.2) is 4.79 Å². The van der Waals surface area contributed by atoms with Gasteiger partial charge >= 0.3 is 6.03 Å². The Morgan fingerprint density at radius 2 is 1.83 bits per heavy atom. The van der Waals surface area contributed by atoms with Gasteiger partial charge in [-0.1, -0.05) is 42.0 Å². The van der Waals surface area contributed by atoms with Gasteiger partial charge in [0, 0.05) is 16.8 Å². The number of fused-ring (bicyclic) bond motifs is 3. The summed E-state index contributed by atoms with van der Waals surface area (Å²) < 4.78 is 2.21. The summed E-state index contributed by atoms with van der Waals surface area (Å²) in [5.74, 6) is 0. The Balaban J connectivity index is 1.60. The van der Waals surface area contributed by atoms with E-state index in [2.05, 4.69) is 45.7 Å². The number of urea groups is 1. The number of benzene rings is 2. The molecule has 0 radical (unpaired) electrons. The van der Waals surface area contributed by atoms with Crippen LogP contribution in [0.15, 0.2) is 84.4 Å². The molecule has 1 aliphatic rings. The van der Waals surface area contributed by atoms with Crippen LogP contribution in [-0.2, 0) is 6.54 Å². The number of thiophene rings is 1. The predicted molar refractivity (Wildman–Crippen MR) is 118 cm³/mol. The first-order valence-corrected chi connectivity index (χ1v) is 10.5. The summed E-state index contributed by atoms with van der Waals surface area (Å²) in [6.07, 6.45) is 2.08. The zero-order valence-corrected chi connectivity index (χ0v) is 16.9.